The van der Waals surface area contributed by atoms with Gasteiger partial charge in [-0.2, -0.15) is 5.10 Å². The molecule has 1 aromatic heterocycles. The first-order valence-corrected chi connectivity index (χ1v) is 10.7. The number of nitrogens with zero attached hydrogens (tertiary/aromatic N) is 2. The Balaban J connectivity index is 1.56. The highest BCUT2D eigenvalue weighted by Gasteiger charge is 2.34. The number of hydrogen-bond donors (Lipinski definition) is 0. The van der Waals surface area contributed by atoms with E-state index in [0.717, 1.165) is 20.6 Å². The first-order chi connectivity index (χ1) is 14.2. The number of rotatable bonds is 6. The Morgan fingerprint density at radius 2 is 1.97 bits per heavy atom. The number of benzene rings is 2. The lowest BCUT2D eigenvalue weighted by Crippen LogP contribution is -2.31. The summed E-state index contributed by atoms with van der Waals surface area (Å²) in [7, 11) is 0. The van der Waals surface area contributed by atoms with Crippen LogP contribution in [0.4, 0.5) is 0 Å². The molecule has 0 saturated carbocycles. The third kappa shape index (κ3) is 4.31. The smallest absolute Gasteiger partial charge is 0.281 e. The summed E-state index contributed by atoms with van der Waals surface area (Å²) in [5.41, 5.74) is 2.25. The van der Waals surface area contributed by atoms with E-state index in [2.05, 4.69) is 21.0 Å². The third-order valence-corrected chi connectivity index (χ3v) is 6.11. The van der Waals surface area contributed by atoms with Crippen molar-refractivity contribution in [1.29, 1.82) is 0 Å². The van der Waals surface area contributed by atoms with Crippen LogP contribution >= 0.6 is 27.3 Å². The van der Waals surface area contributed by atoms with Gasteiger partial charge in [-0.3, -0.25) is 9.59 Å². The molecule has 3 aromatic rings. The summed E-state index contributed by atoms with van der Waals surface area (Å²) in [5, 5.41) is 8.12. The molecule has 4 rings (SSSR count). The van der Waals surface area contributed by atoms with Gasteiger partial charge >= 0.3 is 0 Å². The number of carbonyl (C=O) groups excluding carboxylic acids is 2. The van der Waals surface area contributed by atoms with E-state index in [9.17, 15) is 9.59 Å². The second kappa shape index (κ2) is 8.71. The van der Waals surface area contributed by atoms with Gasteiger partial charge in [0, 0.05) is 15.8 Å². The molecule has 0 aliphatic carbocycles. The lowest BCUT2D eigenvalue weighted by molar-refractivity contribution is -0.135. The van der Waals surface area contributed by atoms with Crippen molar-refractivity contribution in [2.45, 2.75) is 12.5 Å². The summed E-state index contributed by atoms with van der Waals surface area (Å²) in [6.07, 6.45) is 1.35. The molecular weight excluding hydrogens is 452 g/mol. The normalized spacial score (nSPS) is 15.8. The molecule has 0 bridgehead atoms. The van der Waals surface area contributed by atoms with Crippen molar-refractivity contribution in [3.05, 3.63) is 86.5 Å². The molecule has 7 heteroatoms. The van der Waals surface area contributed by atoms with E-state index >= 15 is 0 Å². The molecule has 1 unspecified atom stereocenters. The predicted octanol–water partition coefficient (Wildman–Crippen LogP) is 5.08. The second-order valence-corrected chi connectivity index (χ2v) is 8.37. The number of para-hydroxylation sites is 1. The number of aldehydes is 1. The van der Waals surface area contributed by atoms with E-state index in [1.165, 1.54) is 5.01 Å². The lowest BCUT2D eigenvalue weighted by Gasteiger charge is -2.21. The van der Waals surface area contributed by atoms with Crippen LogP contribution in [-0.2, 0) is 4.79 Å². The highest BCUT2D eigenvalue weighted by Crippen LogP contribution is 2.35. The van der Waals surface area contributed by atoms with E-state index in [1.807, 2.05) is 41.8 Å². The Morgan fingerprint density at radius 1 is 1.17 bits per heavy atom. The van der Waals surface area contributed by atoms with E-state index in [-0.39, 0.29) is 18.6 Å². The van der Waals surface area contributed by atoms with Crippen LogP contribution in [0.1, 0.15) is 33.3 Å². The van der Waals surface area contributed by atoms with Crippen molar-refractivity contribution >= 4 is 45.2 Å². The minimum atomic E-state index is -0.254. The van der Waals surface area contributed by atoms with Gasteiger partial charge in [-0.05, 0) is 41.3 Å². The Kier molecular flexibility index (Phi) is 5.87. The van der Waals surface area contributed by atoms with Gasteiger partial charge < -0.3 is 4.74 Å². The minimum absolute atomic E-state index is 0.161. The Morgan fingerprint density at radius 3 is 2.69 bits per heavy atom. The Hall–Kier alpha value is -2.77. The number of carbonyl (C=O) groups is 2. The van der Waals surface area contributed by atoms with Crippen LogP contribution in [0.3, 0.4) is 0 Å². The summed E-state index contributed by atoms with van der Waals surface area (Å²) >= 11 is 5.04. The molecule has 0 radical (unpaired) electrons. The Labute approximate surface area is 180 Å². The molecule has 1 amide bonds. The molecule has 1 aliphatic heterocycles. The van der Waals surface area contributed by atoms with Gasteiger partial charge in [0.15, 0.2) is 12.9 Å². The van der Waals surface area contributed by atoms with E-state index in [4.69, 9.17) is 4.74 Å². The molecule has 0 fully saturated rings. The average Bonchev–Trinajstić information content (AvgIpc) is 3.42. The number of hydrogen-bond acceptors (Lipinski definition) is 5. The van der Waals surface area contributed by atoms with Crippen molar-refractivity contribution in [1.82, 2.24) is 5.01 Å². The standard InChI is InChI=1S/C22H17BrN2O3S/c23-17-9-7-15(8-10-17)18-12-19(21-6-3-11-29-21)25(24-18)22(27)14-28-20-5-2-1-4-16(20)13-26/h1-11,13,19H,12,14H2. The van der Waals surface area contributed by atoms with Gasteiger partial charge in [-0.25, -0.2) is 5.01 Å². The van der Waals surface area contributed by atoms with Gasteiger partial charge in [-0.1, -0.05) is 46.3 Å². The molecule has 2 aromatic carbocycles. The predicted molar refractivity (Wildman–Crippen MR) is 117 cm³/mol. The largest absolute Gasteiger partial charge is 0.483 e. The monoisotopic (exact) mass is 468 g/mol. The molecule has 0 saturated heterocycles. The fourth-order valence-corrected chi connectivity index (χ4v) is 4.25. The molecule has 1 atom stereocenters. The number of thiophene rings is 1. The summed E-state index contributed by atoms with van der Waals surface area (Å²) in [5.74, 6) is 0.135. The van der Waals surface area contributed by atoms with Crippen LogP contribution in [0.2, 0.25) is 0 Å². The number of halogens is 1. The summed E-state index contributed by atoms with van der Waals surface area (Å²) in [6, 6.07) is 18.6. The Bertz CT molecular complexity index is 1050. The zero-order chi connectivity index (χ0) is 20.2. The summed E-state index contributed by atoms with van der Waals surface area (Å²) < 4.78 is 6.62. The van der Waals surface area contributed by atoms with Gasteiger partial charge in [-0.15, -0.1) is 11.3 Å². The average molecular weight is 469 g/mol. The van der Waals surface area contributed by atoms with Gasteiger partial charge in [0.1, 0.15) is 5.75 Å². The number of ether oxygens (including phenoxy) is 1. The van der Waals surface area contributed by atoms with E-state index < -0.39 is 0 Å². The van der Waals surface area contributed by atoms with Crippen LogP contribution < -0.4 is 4.74 Å². The van der Waals surface area contributed by atoms with Crippen molar-refractivity contribution in [3.63, 3.8) is 0 Å². The molecule has 146 valence electrons. The maximum absolute atomic E-state index is 13.0. The van der Waals surface area contributed by atoms with E-state index in [0.29, 0.717) is 24.0 Å². The van der Waals surface area contributed by atoms with Crippen molar-refractivity contribution in [2.24, 2.45) is 5.10 Å². The third-order valence-electron chi connectivity index (χ3n) is 4.61. The van der Waals surface area contributed by atoms with Crippen molar-refractivity contribution in [3.8, 4) is 5.75 Å². The van der Waals surface area contributed by atoms with Crippen LogP contribution in [-0.4, -0.2) is 29.5 Å². The molecule has 5 nitrogen and oxygen atoms in total. The maximum atomic E-state index is 13.0. The fraction of sp³-hybridized carbons (Fsp3) is 0.136. The van der Waals surface area contributed by atoms with Crippen molar-refractivity contribution in [2.75, 3.05) is 6.61 Å². The molecular formula is C22H17BrN2O3S. The quantitative estimate of drug-likeness (QED) is 0.473. The zero-order valence-corrected chi connectivity index (χ0v) is 17.7. The lowest BCUT2D eigenvalue weighted by atomic mass is 10.0. The number of hydrazone groups is 1. The molecule has 0 N–H and O–H groups in total. The van der Waals surface area contributed by atoms with Crippen LogP contribution in [0.25, 0.3) is 0 Å². The summed E-state index contributed by atoms with van der Waals surface area (Å²) in [6.45, 7) is -0.191. The maximum Gasteiger partial charge on any atom is 0.281 e. The topological polar surface area (TPSA) is 59.0 Å². The first-order valence-electron chi connectivity index (χ1n) is 9.01. The first kappa shape index (κ1) is 19.5. The molecule has 29 heavy (non-hydrogen) atoms. The SMILES string of the molecule is O=Cc1ccccc1OCC(=O)N1N=C(c2ccc(Br)cc2)CC1c1cccs1. The summed E-state index contributed by atoms with van der Waals surface area (Å²) in [4.78, 5) is 25.2. The van der Waals surface area contributed by atoms with Gasteiger partial charge in [0.2, 0.25) is 0 Å². The molecule has 2 heterocycles. The fourth-order valence-electron chi connectivity index (χ4n) is 3.17. The van der Waals surface area contributed by atoms with Gasteiger partial charge in [0.05, 0.1) is 17.3 Å². The van der Waals surface area contributed by atoms with Gasteiger partial charge in [0.25, 0.3) is 5.91 Å². The zero-order valence-electron chi connectivity index (χ0n) is 15.3. The number of amides is 1. The van der Waals surface area contributed by atoms with Crippen LogP contribution in [0.5, 0.6) is 5.75 Å². The van der Waals surface area contributed by atoms with Crippen molar-refractivity contribution < 1.29 is 14.3 Å². The van der Waals surface area contributed by atoms with E-state index in [1.54, 1.807) is 35.6 Å². The second-order valence-electron chi connectivity index (χ2n) is 6.47. The highest BCUT2D eigenvalue weighted by molar-refractivity contribution is 9.10. The minimum Gasteiger partial charge on any atom is -0.483 e. The highest BCUT2D eigenvalue weighted by atomic mass is 79.9. The van der Waals surface area contributed by atoms with Crippen LogP contribution in [0.15, 0.2) is 75.6 Å². The molecule has 1 aliphatic rings. The van der Waals surface area contributed by atoms with Crippen LogP contribution in [0, 0.1) is 0 Å². The molecule has 0 spiro atoms.